The molecule has 0 unspecified atom stereocenters. The normalized spacial score (nSPS) is 10.9. The minimum Gasteiger partial charge on any atom is -0.334 e. The van der Waals surface area contributed by atoms with Gasteiger partial charge in [0.2, 0.25) is 11.1 Å². The van der Waals surface area contributed by atoms with E-state index >= 15 is 0 Å². The molecule has 8 nitrogen and oxygen atoms in total. The molecule has 3 rings (SSSR count). The molecule has 0 aliphatic heterocycles. The van der Waals surface area contributed by atoms with E-state index in [0.29, 0.717) is 15.9 Å². The Balaban J connectivity index is 1.53. The molecule has 0 aliphatic rings. The van der Waals surface area contributed by atoms with Crippen molar-refractivity contribution in [1.29, 1.82) is 0 Å². The number of halogens is 1. The second-order valence-corrected chi connectivity index (χ2v) is 6.62. The molecular weight excluding hydrogens is 386 g/mol. The van der Waals surface area contributed by atoms with Crippen LogP contribution in [0, 0.1) is 0 Å². The number of aromatic nitrogens is 3. The molecule has 0 bridgehead atoms. The smallest absolute Gasteiger partial charge is 0.264 e. The number of nitrogens with one attached hydrogen (secondary N) is 2. The first-order chi connectivity index (χ1) is 13.1. The highest BCUT2D eigenvalue weighted by Crippen LogP contribution is 2.22. The summed E-state index contributed by atoms with van der Waals surface area (Å²) >= 11 is 7.17. The Morgan fingerprint density at radius 1 is 1.19 bits per heavy atom. The topological polar surface area (TPSA) is 110 Å². The van der Waals surface area contributed by atoms with Crippen LogP contribution in [0.25, 0.3) is 0 Å². The van der Waals surface area contributed by atoms with E-state index in [9.17, 15) is 4.79 Å². The molecule has 0 saturated carbocycles. The summed E-state index contributed by atoms with van der Waals surface area (Å²) in [4.78, 5) is 12.1. The Morgan fingerprint density at radius 3 is 2.70 bits per heavy atom. The van der Waals surface area contributed by atoms with E-state index in [1.807, 2.05) is 30.3 Å². The zero-order valence-corrected chi connectivity index (χ0v) is 15.6. The minimum absolute atomic E-state index is 0.105. The number of hydrogen-bond donors (Lipinski definition) is 3. The summed E-state index contributed by atoms with van der Waals surface area (Å²) in [6.07, 6.45) is 1.64. The minimum atomic E-state index is -0.229. The molecule has 27 heavy (non-hydrogen) atoms. The first kappa shape index (κ1) is 18.7. The van der Waals surface area contributed by atoms with Crippen molar-refractivity contribution in [3.8, 4) is 0 Å². The molecule has 0 saturated heterocycles. The number of nitrogen functional groups attached to an aromatic ring is 1. The van der Waals surface area contributed by atoms with Gasteiger partial charge in [0.15, 0.2) is 0 Å². The van der Waals surface area contributed by atoms with Gasteiger partial charge in [0.25, 0.3) is 5.95 Å². The Labute approximate surface area is 164 Å². The quantitative estimate of drug-likeness (QED) is 0.243. The Bertz CT molecular complexity index is 945. The van der Waals surface area contributed by atoms with Crippen molar-refractivity contribution in [3.05, 3.63) is 65.2 Å². The van der Waals surface area contributed by atoms with Crippen LogP contribution in [0.4, 0.5) is 11.6 Å². The van der Waals surface area contributed by atoms with Gasteiger partial charge in [0.05, 0.1) is 22.7 Å². The highest BCUT2D eigenvalue weighted by molar-refractivity contribution is 7.99. The number of para-hydroxylation sites is 1. The molecular formula is C17H16ClN7OS. The van der Waals surface area contributed by atoms with Gasteiger partial charge in [-0.2, -0.15) is 5.10 Å². The number of amides is 1. The van der Waals surface area contributed by atoms with E-state index < -0.39 is 0 Å². The standard InChI is InChI=1S/C17H16ClN7OS/c18-13-8-4-5-9-14(13)21-15(26)11-27-17-24-23-16(25(17)19)22-20-10-12-6-2-1-3-7-12/h1-10H,11,19H2,(H,21,26)(H,22,23)/b20-10+. The second-order valence-electron chi connectivity index (χ2n) is 5.27. The summed E-state index contributed by atoms with van der Waals surface area (Å²) < 4.78 is 1.23. The lowest BCUT2D eigenvalue weighted by atomic mass is 10.2. The molecule has 0 fully saturated rings. The van der Waals surface area contributed by atoms with Gasteiger partial charge in [-0.3, -0.25) is 4.79 Å². The van der Waals surface area contributed by atoms with Crippen LogP contribution in [0.5, 0.6) is 0 Å². The summed E-state index contributed by atoms with van der Waals surface area (Å²) in [7, 11) is 0. The van der Waals surface area contributed by atoms with Crippen molar-refractivity contribution in [3.63, 3.8) is 0 Å². The monoisotopic (exact) mass is 401 g/mol. The van der Waals surface area contributed by atoms with Gasteiger partial charge in [-0.1, -0.05) is 65.8 Å². The van der Waals surface area contributed by atoms with E-state index in [0.717, 1.165) is 17.3 Å². The molecule has 138 valence electrons. The fourth-order valence-electron chi connectivity index (χ4n) is 2.03. The number of carbonyl (C=O) groups is 1. The van der Waals surface area contributed by atoms with Gasteiger partial charge in [-0.15, -0.1) is 10.2 Å². The fourth-order valence-corrected chi connectivity index (χ4v) is 2.87. The van der Waals surface area contributed by atoms with Gasteiger partial charge in [0.1, 0.15) is 0 Å². The molecule has 10 heteroatoms. The third-order valence-electron chi connectivity index (χ3n) is 3.32. The lowest BCUT2D eigenvalue weighted by Crippen LogP contribution is -2.17. The van der Waals surface area contributed by atoms with Crippen LogP contribution >= 0.6 is 23.4 Å². The van der Waals surface area contributed by atoms with Gasteiger partial charge >= 0.3 is 0 Å². The second kappa shape index (κ2) is 9.06. The number of nitrogens with zero attached hydrogens (tertiary/aromatic N) is 4. The molecule has 0 aliphatic carbocycles. The van der Waals surface area contributed by atoms with Crippen LogP contribution in [0.2, 0.25) is 5.02 Å². The lowest BCUT2D eigenvalue weighted by Gasteiger charge is -2.06. The SMILES string of the molecule is Nn1c(N/N=C/c2ccccc2)nnc1SCC(=O)Nc1ccccc1Cl. The summed E-state index contributed by atoms with van der Waals surface area (Å²) in [5, 5.41) is 15.5. The molecule has 3 aromatic rings. The summed E-state index contributed by atoms with van der Waals surface area (Å²) in [5.74, 6) is 6.06. The third-order valence-corrected chi connectivity index (χ3v) is 4.60. The molecule has 4 N–H and O–H groups in total. The van der Waals surface area contributed by atoms with Crippen molar-refractivity contribution >= 4 is 47.1 Å². The van der Waals surface area contributed by atoms with Crippen LogP contribution in [0.15, 0.2) is 64.9 Å². The van der Waals surface area contributed by atoms with Crippen molar-refractivity contribution in [2.45, 2.75) is 5.16 Å². The summed E-state index contributed by atoms with van der Waals surface area (Å²) in [6, 6.07) is 16.6. The van der Waals surface area contributed by atoms with E-state index in [1.54, 1.807) is 30.5 Å². The Kier molecular flexibility index (Phi) is 6.29. The number of hydrazone groups is 1. The molecule has 0 spiro atoms. The van der Waals surface area contributed by atoms with Crippen molar-refractivity contribution < 1.29 is 4.79 Å². The zero-order valence-electron chi connectivity index (χ0n) is 14.0. The molecule has 1 aromatic heterocycles. The van der Waals surface area contributed by atoms with E-state index in [2.05, 4.69) is 26.0 Å². The molecule has 1 heterocycles. The first-order valence-corrected chi connectivity index (χ1v) is 9.21. The van der Waals surface area contributed by atoms with Crippen LogP contribution in [-0.2, 0) is 4.79 Å². The Morgan fingerprint density at radius 2 is 1.93 bits per heavy atom. The maximum atomic E-state index is 12.1. The van der Waals surface area contributed by atoms with Gasteiger partial charge in [-0.25, -0.2) is 10.1 Å². The van der Waals surface area contributed by atoms with Gasteiger partial charge in [0, 0.05) is 0 Å². The first-order valence-electron chi connectivity index (χ1n) is 7.85. The zero-order chi connectivity index (χ0) is 19.1. The molecule has 2 aromatic carbocycles. The average molecular weight is 402 g/mol. The lowest BCUT2D eigenvalue weighted by molar-refractivity contribution is -0.113. The number of anilines is 2. The fraction of sp³-hybridized carbons (Fsp3) is 0.0588. The maximum absolute atomic E-state index is 12.1. The number of thioether (sulfide) groups is 1. The number of benzene rings is 2. The number of nitrogens with two attached hydrogens (primary N) is 1. The van der Waals surface area contributed by atoms with Crippen LogP contribution in [0.3, 0.4) is 0 Å². The largest absolute Gasteiger partial charge is 0.334 e. The van der Waals surface area contributed by atoms with Crippen LogP contribution in [0.1, 0.15) is 5.56 Å². The number of hydrogen-bond acceptors (Lipinski definition) is 7. The highest BCUT2D eigenvalue weighted by atomic mass is 35.5. The number of rotatable bonds is 7. The van der Waals surface area contributed by atoms with Crippen molar-refractivity contribution in [1.82, 2.24) is 14.9 Å². The predicted molar refractivity (Wildman–Crippen MR) is 109 cm³/mol. The van der Waals surface area contributed by atoms with Crippen LogP contribution < -0.4 is 16.6 Å². The van der Waals surface area contributed by atoms with E-state index in [1.165, 1.54) is 4.68 Å². The van der Waals surface area contributed by atoms with Crippen LogP contribution in [-0.4, -0.2) is 32.7 Å². The Hall–Kier alpha value is -3.04. The van der Waals surface area contributed by atoms with Crippen molar-refractivity contribution in [2.24, 2.45) is 5.10 Å². The summed E-state index contributed by atoms with van der Waals surface area (Å²) in [6.45, 7) is 0. The molecule has 0 radical (unpaired) electrons. The van der Waals surface area contributed by atoms with E-state index in [4.69, 9.17) is 17.4 Å². The third kappa shape index (κ3) is 5.22. The predicted octanol–water partition coefficient (Wildman–Crippen LogP) is 2.82. The molecule has 1 amide bonds. The number of carbonyl (C=O) groups excluding carboxylic acids is 1. The maximum Gasteiger partial charge on any atom is 0.264 e. The van der Waals surface area contributed by atoms with Gasteiger partial charge in [-0.05, 0) is 17.7 Å². The van der Waals surface area contributed by atoms with Gasteiger partial charge < -0.3 is 11.2 Å². The van der Waals surface area contributed by atoms with E-state index in [-0.39, 0.29) is 17.6 Å². The van der Waals surface area contributed by atoms with Crippen molar-refractivity contribution in [2.75, 3.05) is 22.3 Å². The average Bonchev–Trinajstić information content (AvgIpc) is 3.03. The highest BCUT2D eigenvalue weighted by Gasteiger charge is 2.12. The summed E-state index contributed by atoms with van der Waals surface area (Å²) in [5.41, 5.74) is 4.20. The molecule has 0 atom stereocenters.